The second-order valence-electron chi connectivity index (χ2n) is 7.42. The van der Waals surface area contributed by atoms with Gasteiger partial charge in [0.05, 0.1) is 17.7 Å². The van der Waals surface area contributed by atoms with E-state index in [1.807, 2.05) is 55.5 Å². The van der Waals surface area contributed by atoms with Crippen molar-refractivity contribution < 1.29 is 13.9 Å². The number of hydrogen-bond acceptors (Lipinski definition) is 7. The quantitative estimate of drug-likeness (QED) is 0.467. The highest BCUT2D eigenvalue weighted by molar-refractivity contribution is 6.03. The monoisotopic (exact) mass is 428 g/mol. The average molecular weight is 428 g/mol. The molecule has 0 radical (unpaired) electrons. The van der Waals surface area contributed by atoms with E-state index in [4.69, 9.17) is 9.15 Å². The highest BCUT2D eigenvalue weighted by Crippen LogP contribution is 2.33. The topological polar surface area (TPSA) is 98.6 Å². The van der Waals surface area contributed by atoms with E-state index in [0.717, 1.165) is 17.0 Å². The smallest absolute Gasteiger partial charge is 0.281 e. The lowest BCUT2D eigenvalue weighted by Gasteiger charge is -2.20. The third-order valence-electron chi connectivity index (χ3n) is 5.23. The molecular formula is C23H20N6O3. The molecule has 9 nitrogen and oxygen atoms in total. The van der Waals surface area contributed by atoms with Gasteiger partial charge in [0, 0.05) is 6.42 Å². The van der Waals surface area contributed by atoms with Gasteiger partial charge >= 0.3 is 0 Å². The molecule has 1 aliphatic heterocycles. The van der Waals surface area contributed by atoms with Crippen molar-refractivity contribution in [2.45, 2.75) is 19.4 Å². The Bertz CT molecular complexity index is 1220. The Kier molecular flexibility index (Phi) is 5.20. The molecule has 0 aliphatic carbocycles. The van der Waals surface area contributed by atoms with Gasteiger partial charge in [-0.3, -0.25) is 4.79 Å². The van der Waals surface area contributed by atoms with Gasteiger partial charge in [-0.25, -0.2) is 9.69 Å². The van der Waals surface area contributed by atoms with Crippen molar-refractivity contribution >= 4 is 11.6 Å². The van der Waals surface area contributed by atoms with E-state index in [0.29, 0.717) is 17.9 Å². The predicted molar refractivity (Wildman–Crippen MR) is 115 cm³/mol. The van der Waals surface area contributed by atoms with E-state index in [-0.39, 0.29) is 18.6 Å². The van der Waals surface area contributed by atoms with Crippen molar-refractivity contribution in [3.63, 3.8) is 0 Å². The number of tetrazole rings is 1. The number of hydrazone groups is 1. The molecule has 160 valence electrons. The SMILES string of the molecule is Cc1ccc(C2=NN(C(=O)COc3ccc(-n4cnnn4)cc3)[C@@H](c3ccco3)C2)cc1. The molecule has 4 aromatic rings. The van der Waals surface area contributed by atoms with Crippen LogP contribution in [0.5, 0.6) is 5.75 Å². The Hall–Kier alpha value is -4.27. The number of amides is 1. The molecule has 0 fully saturated rings. The molecule has 2 aromatic carbocycles. The molecule has 3 heterocycles. The van der Waals surface area contributed by atoms with Crippen LogP contribution in [0, 0.1) is 6.92 Å². The van der Waals surface area contributed by atoms with E-state index >= 15 is 0 Å². The van der Waals surface area contributed by atoms with E-state index < -0.39 is 0 Å². The minimum absolute atomic E-state index is 0.147. The van der Waals surface area contributed by atoms with Crippen LogP contribution in [0.25, 0.3) is 5.69 Å². The summed E-state index contributed by atoms with van der Waals surface area (Å²) in [5.41, 5.74) is 3.79. The molecule has 0 unspecified atom stereocenters. The van der Waals surface area contributed by atoms with Gasteiger partial charge in [0.15, 0.2) is 6.61 Å². The summed E-state index contributed by atoms with van der Waals surface area (Å²) in [6, 6.07) is 18.6. The number of carbonyl (C=O) groups is 1. The van der Waals surface area contributed by atoms with Crippen molar-refractivity contribution in [3.05, 3.63) is 90.1 Å². The first-order valence-corrected chi connectivity index (χ1v) is 10.1. The number of aromatic nitrogens is 4. The number of rotatable bonds is 6. The molecule has 2 aromatic heterocycles. The van der Waals surface area contributed by atoms with Gasteiger partial charge in [-0.2, -0.15) is 5.10 Å². The van der Waals surface area contributed by atoms with Crippen LogP contribution < -0.4 is 4.74 Å². The number of carbonyl (C=O) groups excluding carboxylic acids is 1. The summed E-state index contributed by atoms with van der Waals surface area (Å²) in [6.45, 7) is 1.89. The van der Waals surface area contributed by atoms with Crippen LogP contribution in [-0.2, 0) is 4.79 Å². The summed E-state index contributed by atoms with van der Waals surface area (Å²) in [6.07, 6.45) is 3.68. The molecule has 0 saturated heterocycles. The minimum atomic E-state index is -0.306. The number of nitrogens with zero attached hydrogens (tertiary/aromatic N) is 6. The predicted octanol–water partition coefficient (Wildman–Crippen LogP) is 3.32. The van der Waals surface area contributed by atoms with Gasteiger partial charge in [-0.15, -0.1) is 5.10 Å². The summed E-state index contributed by atoms with van der Waals surface area (Å²) < 4.78 is 12.8. The normalized spacial score (nSPS) is 15.6. The minimum Gasteiger partial charge on any atom is -0.484 e. The number of aryl methyl sites for hydroxylation is 1. The van der Waals surface area contributed by atoms with Gasteiger partial charge in [0.1, 0.15) is 23.9 Å². The largest absolute Gasteiger partial charge is 0.484 e. The second kappa shape index (κ2) is 8.46. The van der Waals surface area contributed by atoms with Crippen LogP contribution in [0.1, 0.15) is 29.3 Å². The van der Waals surface area contributed by atoms with Crippen LogP contribution in [0.15, 0.2) is 82.8 Å². The summed E-state index contributed by atoms with van der Waals surface area (Å²) in [5, 5.41) is 17.2. The number of furan rings is 1. The van der Waals surface area contributed by atoms with Crippen molar-refractivity contribution in [1.82, 2.24) is 25.2 Å². The Morgan fingerprint density at radius 2 is 1.94 bits per heavy atom. The van der Waals surface area contributed by atoms with Gasteiger partial charge in [-0.1, -0.05) is 29.8 Å². The first-order chi connectivity index (χ1) is 15.7. The molecule has 5 rings (SSSR count). The molecular weight excluding hydrogens is 408 g/mol. The zero-order chi connectivity index (χ0) is 21.9. The molecule has 0 spiro atoms. The second-order valence-corrected chi connectivity index (χ2v) is 7.42. The Balaban J connectivity index is 1.31. The molecule has 0 saturated carbocycles. The van der Waals surface area contributed by atoms with Crippen LogP contribution in [0.3, 0.4) is 0 Å². The maximum absolute atomic E-state index is 13.0. The Morgan fingerprint density at radius 3 is 2.62 bits per heavy atom. The Morgan fingerprint density at radius 1 is 1.12 bits per heavy atom. The third-order valence-corrected chi connectivity index (χ3v) is 5.23. The van der Waals surface area contributed by atoms with Crippen molar-refractivity contribution in [2.75, 3.05) is 6.61 Å². The average Bonchev–Trinajstić information content (AvgIpc) is 3.59. The summed E-state index contributed by atoms with van der Waals surface area (Å²) in [7, 11) is 0. The summed E-state index contributed by atoms with van der Waals surface area (Å²) in [5.74, 6) is 1.000. The highest BCUT2D eigenvalue weighted by atomic mass is 16.5. The van der Waals surface area contributed by atoms with Crippen LogP contribution in [-0.4, -0.2) is 43.4 Å². The molecule has 0 N–H and O–H groups in total. The molecule has 32 heavy (non-hydrogen) atoms. The molecule has 1 aliphatic rings. The fourth-order valence-electron chi connectivity index (χ4n) is 3.55. The number of ether oxygens (including phenoxy) is 1. The first-order valence-electron chi connectivity index (χ1n) is 10.1. The van der Waals surface area contributed by atoms with E-state index in [2.05, 4.69) is 20.6 Å². The first kappa shape index (κ1) is 19.7. The lowest BCUT2D eigenvalue weighted by atomic mass is 10.0. The van der Waals surface area contributed by atoms with E-state index in [1.54, 1.807) is 18.4 Å². The fourth-order valence-corrected chi connectivity index (χ4v) is 3.55. The Labute approximate surface area is 183 Å². The van der Waals surface area contributed by atoms with Crippen molar-refractivity contribution in [2.24, 2.45) is 5.10 Å². The van der Waals surface area contributed by atoms with E-state index in [9.17, 15) is 4.79 Å². The third kappa shape index (κ3) is 4.00. The van der Waals surface area contributed by atoms with Crippen molar-refractivity contribution in [1.29, 1.82) is 0 Å². The zero-order valence-electron chi connectivity index (χ0n) is 17.3. The molecule has 1 atom stereocenters. The molecule has 9 heteroatoms. The standard InChI is InChI=1S/C23H20N6O3/c1-16-4-6-17(7-5-16)20-13-21(22-3-2-12-31-22)29(25-20)23(30)14-32-19-10-8-18(9-11-19)28-15-24-26-27-28/h2-12,15,21H,13-14H2,1H3/t21-/m1/s1. The van der Waals surface area contributed by atoms with Crippen molar-refractivity contribution in [3.8, 4) is 11.4 Å². The van der Waals surface area contributed by atoms with Gasteiger partial charge in [0.25, 0.3) is 5.91 Å². The fraction of sp³-hybridized carbons (Fsp3) is 0.174. The summed E-state index contributed by atoms with van der Waals surface area (Å²) in [4.78, 5) is 13.0. The maximum atomic E-state index is 13.0. The van der Waals surface area contributed by atoms with Crippen LogP contribution in [0.4, 0.5) is 0 Å². The number of hydrogen-bond donors (Lipinski definition) is 0. The van der Waals surface area contributed by atoms with Gasteiger partial charge in [0.2, 0.25) is 0 Å². The van der Waals surface area contributed by atoms with Crippen LogP contribution in [0.2, 0.25) is 0 Å². The van der Waals surface area contributed by atoms with E-state index in [1.165, 1.54) is 21.6 Å². The molecule has 0 bridgehead atoms. The van der Waals surface area contributed by atoms with Crippen LogP contribution >= 0.6 is 0 Å². The highest BCUT2D eigenvalue weighted by Gasteiger charge is 2.35. The van der Waals surface area contributed by atoms with Gasteiger partial charge < -0.3 is 9.15 Å². The zero-order valence-corrected chi connectivity index (χ0v) is 17.3. The lowest BCUT2D eigenvalue weighted by molar-refractivity contribution is -0.135. The summed E-state index contributed by atoms with van der Waals surface area (Å²) >= 11 is 0. The molecule has 1 amide bonds. The van der Waals surface area contributed by atoms with Gasteiger partial charge in [-0.05, 0) is 59.3 Å². The lowest BCUT2D eigenvalue weighted by Crippen LogP contribution is -2.31. The maximum Gasteiger partial charge on any atom is 0.281 e. The number of benzene rings is 2.